The van der Waals surface area contributed by atoms with Crippen LogP contribution in [0.2, 0.25) is 5.02 Å². The molecule has 196 valence electrons. The lowest BCUT2D eigenvalue weighted by atomic mass is 10.2. The zero-order valence-electron chi connectivity index (χ0n) is 19.7. The Labute approximate surface area is 238 Å². The number of carbonyl (C=O) groups excluding carboxylic acids is 2. The van der Waals surface area contributed by atoms with E-state index < -0.39 is 17.6 Å². The molecule has 0 atom stereocenters. The number of hydrazone groups is 1. The molecule has 0 saturated heterocycles. The van der Waals surface area contributed by atoms with Crippen molar-refractivity contribution in [2.45, 2.75) is 6.92 Å². The van der Waals surface area contributed by atoms with Crippen LogP contribution in [0.3, 0.4) is 0 Å². The van der Waals surface area contributed by atoms with Crippen LogP contribution in [0.5, 0.6) is 11.5 Å². The fraction of sp³-hybridized carbons (Fsp3) is 0.115. The van der Waals surface area contributed by atoms with Crippen molar-refractivity contribution >= 4 is 78.1 Å². The van der Waals surface area contributed by atoms with Crippen LogP contribution in [0.15, 0.2) is 73.1 Å². The molecule has 0 aliphatic rings. The number of carbonyl (C=O) groups is 2. The highest BCUT2D eigenvalue weighted by Gasteiger charge is 2.16. The molecular formula is C26H19Br2ClFN3O5. The summed E-state index contributed by atoms with van der Waals surface area (Å²) in [6, 6.07) is 13.7. The van der Waals surface area contributed by atoms with Gasteiger partial charge in [0.1, 0.15) is 11.4 Å². The number of hydrogen-bond acceptors (Lipinski definition) is 6. The van der Waals surface area contributed by atoms with Crippen LogP contribution in [0.1, 0.15) is 23.0 Å². The molecule has 0 aliphatic heterocycles. The first-order valence-corrected chi connectivity index (χ1v) is 13.1. The van der Waals surface area contributed by atoms with Gasteiger partial charge in [-0.2, -0.15) is 5.10 Å². The predicted octanol–water partition coefficient (Wildman–Crippen LogP) is 6.93. The van der Waals surface area contributed by atoms with E-state index in [-0.39, 0.29) is 28.9 Å². The Morgan fingerprint density at radius 3 is 2.61 bits per heavy atom. The van der Waals surface area contributed by atoms with Gasteiger partial charge in [-0.3, -0.25) is 9.59 Å². The second-order valence-corrected chi connectivity index (χ2v) is 9.90. The minimum absolute atomic E-state index is 0.0895. The van der Waals surface area contributed by atoms with E-state index in [0.29, 0.717) is 27.9 Å². The van der Waals surface area contributed by atoms with Crippen molar-refractivity contribution in [3.63, 3.8) is 0 Å². The maximum Gasteiger partial charge on any atom is 0.307 e. The molecule has 0 fully saturated rings. The molecule has 0 unspecified atom stereocenters. The standard InChI is InChI=1S/C26H19Br2ClFN3O5/c1-2-36-21-8-14(7-20(29)25(21)37-13-23(34)32-18-5-3-17(30)4-6-18)12-31-33-26(35)22-10-15-9-16(27)11-19(28)24(15)38-22/h3-12H,2,13H2,1H3,(H,32,34)(H,33,35)/b31-12-. The highest BCUT2D eigenvalue weighted by Crippen LogP contribution is 2.36. The SMILES string of the molecule is CCOc1cc(/C=N\NC(=O)c2cc3cc(Br)cc(Br)c3o2)cc(Cl)c1OCC(=O)Nc1ccc(F)cc1. The number of anilines is 1. The Balaban J connectivity index is 1.42. The molecule has 0 radical (unpaired) electrons. The lowest BCUT2D eigenvalue weighted by Gasteiger charge is -2.14. The van der Waals surface area contributed by atoms with Gasteiger partial charge in [0.15, 0.2) is 23.9 Å². The van der Waals surface area contributed by atoms with Crippen molar-refractivity contribution in [3.8, 4) is 11.5 Å². The molecule has 0 spiro atoms. The highest BCUT2D eigenvalue weighted by molar-refractivity contribution is 9.11. The van der Waals surface area contributed by atoms with Crippen molar-refractivity contribution in [1.82, 2.24) is 5.43 Å². The third kappa shape index (κ3) is 6.91. The van der Waals surface area contributed by atoms with E-state index in [2.05, 4.69) is 47.7 Å². The average molecular weight is 668 g/mol. The fourth-order valence-corrected chi connectivity index (χ4v) is 4.95. The van der Waals surface area contributed by atoms with Crippen LogP contribution in [-0.4, -0.2) is 31.2 Å². The molecule has 4 rings (SSSR count). The Bertz CT molecular complexity index is 1530. The number of rotatable bonds is 9. The van der Waals surface area contributed by atoms with E-state index in [4.69, 9.17) is 25.5 Å². The summed E-state index contributed by atoms with van der Waals surface area (Å²) in [5, 5.41) is 7.49. The zero-order valence-corrected chi connectivity index (χ0v) is 23.6. The van der Waals surface area contributed by atoms with Crippen LogP contribution < -0.4 is 20.2 Å². The summed E-state index contributed by atoms with van der Waals surface area (Å²) in [5.41, 5.74) is 3.89. The molecular weight excluding hydrogens is 649 g/mol. The van der Waals surface area contributed by atoms with Crippen LogP contribution in [0.4, 0.5) is 10.1 Å². The molecule has 12 heteroatoms. The molecule has 0 saturated carbocycles. The number of halogens is 4. The Hall–Kier alpha value is -3.41. The first-order chi connectivity index (χ1) is 18.2. The van der Waals surface area contributed by atoms with Crippen molar-refractivity contribution < 1.29 is 27.9 Å². The van der Waals surface area contributed by atoms with E-state index in [9.17, 15) is 14.0 Å². The van der Waals surface area contributed by atoms with E-state index >= 15 is 0 Å². The van der Waals surface area contributed by atoms with Crippen LogP contribution in [0.25, 0.3) is 11.0 Å². The number of furan rings is 1. The largest absolute Gasteiger partial charge is 0.490 e. The molecule has 38 heavy (non-hydrogen) atoms. The number of nitrogens with zero attached hydrogens (tertiary/aromatic N) is 1. The predicted molar refractivity (Wildman–Crippen MR) is 150 cm³/mol. The van der Waals surface area contributed by atoms with Gasteiger partial charge in [-0.25, -0.2) is 9.82 Å². The topological polar surface area (TPSA) is 102 Å². The van der Waals surface area contributed by atoms with Crippen LogP contribution >= 0.6 is 43.5 Å². The molecule has 1 aromatic heterocycles. The quantitative estimate of drug-likeness (QED) is 0.149. The molecule has 8 nitrogen and oxygen atoms in total. The van der Waals surface area contributed by atoms with E-state index in [0.717, 1.165) is 9.86 Å². The first kappa shape index (κ1) is 27.6. The summed E-state index contributed by atoms with van der Waals surface area (Å²) in [7, 11) is 0. The van der Waals surface area contributed by atoms with Gasteiger partial charge in [-0.05, 0) is 83.0 Å². The van der Waals surface area contributed by atoms with Gasteiger partial charge in [0.05, 0.1) is 22.3 Å². The van der Waals surface area contributed by atoms with Gasteiger partial charge in [0, 0.05) is 15.5 Å². The minimum atomic E-state index is -0.538. The normalized spacial score (nSPS) is 11.1. The number of amides is 2. The molecule has 0 aliphatic carbocycles. The summed E-state index contributed by atoms with van der Waals surface area (Å²) in [4.78, 5) is 24.8. The molecule has 4 aromatic rings. The summed E-state index contributed by atoms with van der Waals surface area (Å²) in [6.45, 7) is 1.73. The van der Waals surface area contributed by atoms with Gasteiger partial charge in [0.25, 0.3) is 5.91 Å². The smallest absolute Gasteiger partial charge is 0.307 e. The summed E-state index contributed by atoms with van der Waals surface area (Å²) in [5.74, 6) is -0.867. The molecule has 2 N–H and O–H groups in total. The Kier molecular flexibility index (Phi) is 9.03. The van der Waals surface area contributed by atoms with E-state index in [1.54, 1.807) is 25.1 Å². The summed E-state index contributed by atoms with van der Waals surface area (Å²) in [6.07, 6.45) is 1.38. The van der Waals surface area contributed by atoms with Gasteiger partial charge in [-0.15, -0.1) is 0 Å². The second kappa shape index (κ2) is 12.4. The van der Waals surface area contributed by atoms with Crippen molar-refractivity contribution in [3.05, 3.63) is 85.7 Å². The lowest BCUT2D eigenvalue weighted by Crippen LogP contribution is -2.20. The molecule has 3 aromatic carbocycles. The summed E-state index contributed by atoms with van der Waals surface area (Å²) >= 11 is 13.2. The van der Waals surface area contributed by atoms with E-state index in [1.807, 2.05) is 12.1 Å². The van der Waals surface area contributed by atoms with Gasteiger partial charge in [-0.1, -0.05) is 27.5 Å². The second-order valence-electron chi connectivity index (χ2n) is 7.72. The maximum absolute atomic E-state index is 13.0. The van der Waals surface area contributed by atoms with Crippen LogP contribution in [-0.2, 0) is 4.79 Å². The monoisotopic (exact) mass is 665 g/mol. The Morgan fingerprint density at radius 1 is 1.11 bits per heavy atom. The third-order valence-corrected chi connectivity index (χ3v) is 6.27. The van der Waals surface area contributed by atoms with Crippen molar-refractivity contribution in [1.29, 1.82) is 0 Å². The Morgan fingerprint density at radius 2 is 1.87 bits per heavy atom. The molecule has 0 bridgehead atoms. The van der Waals surface area contributed by atoms with Gasteiger partial charge >= 0.3 is 5.91 Å². The highest BCUT2D eigenvalue weighted by atomic mass is 79.9. The minimum Gasteiger partial charge on any atom is -0.490 e. The number of benzene rings is 3. The molecule has 1 heterocycles. The summed E-state index contributed by atoms with van der Waals surface area (Å²) < 4.78 is 31.4. The fourth-order valence-electron chi connectivity index (χ4n) is 3.34. The van der Waals surface area contributed by atoms with Gasteiger partial charge in [0.2, 0.25) is 0 Å². The number of hydrogen-bond donors (Lipinski definition) is 2. The van der Waals surface area contributed by atoms with E-state index in [1.165, 1.54) is 30.5 Å². The molecule has 2 amide bonds. The number of ether oxygens (including phenoxy) is 2. The number of nitrogens with one attached hydrogen (secondary N) is 2. The zero-order chi connectivity index (χ0) is 27.2. The van der Waals surface area contributed by atoms with Crippen LogP contribution in [0, 0.1) is 5.82 Å². The third-order valence-electron chi connectivity index (χ3n) is 4.95. The van der Waals surface area contributed by atoms with Crippen molar-refractivity contribution in [2.24, 2.45) is 5.10 Å². The van der Waals surface area contributed by atoms with Gasteiger partial charge < -0.3 is 19.2 Å². The van der Waals surface area contributed by atoms with Crippen molar-refractivity contribution in [2.75, 3.05) is 18.5 Å². The number of fused-ring (bicyclic) bond motifs is 1. The lowest BCUT2D eigenvalue weighted by molar-refractivity contribution is -0.118. The maximum atomic E-state index is 13.0. The first-order valence-electron chi connectivity index (χ1n) is 11.1. The average Bonchev–Trinajstić information content (AvgIpc) is 3.30.